The van der Waals surface area contributed by atoms with Gasteiger partial charge in [-0.05, 0) is 69.2 Å². The van der Waals surface area contributed by atoms with E-state index in [4.69, 9.17) is 0 Å². The predicted molar refractivity (Wildman–Crippen MR) is 96.1 cm³/mol. The summed E-state index contributed by atoms with van der Waals surface area (Å²) in [6.07, 6.45) is 14.0. The van der Waals surface area contributed by atoms with Crippen molar-refractivity contribution in [1.82, 2.24) is 0 Å². The molecule has 0 saturated heterocycles. The largest absolute Gasteiger partial charge is 0.0988 e. The molecule has 0 N–H and O–H groups in total. The highest BCUT2D eigenvalue weighted by Crippen LogP contribution is 2.23. The molecule has 0 heteroatoms. The van der Waals surface area contributed by atoms with E-state index in [-0.39, 0.29) is 0 Å². The van der Waals surface area contributed by atoms with Crippen LogP contribution in [-0.2, 0) is 0 Å². The van der Waals surface area contributed by atoms with Crippen molar-refractivity contribution in [2.45, 2.75) is 67.7 Å². The quantitative estimate of drug-likeness (QED) is 0.431. The summed E-state index contributed by atoms with van der Waals surface area (Å²) in [5.41, 5.74) is 5.60. The molecular formula is C20H34. The lowest BCUT2D eigenvalue weighted by molar-refractivity contribution is 0.916. The second-order valence-corrected chi connectivity index (χ2v) is 4.39. The minimum Gasteiger partial charge on any atom is -0.0988 e. The van der Waals surface area contributed by atoms with E-state index in [0.717, 1.165) is 19.3 Å². The maximum Gasteiger partial charge on any atom is -0.0236 e. The van der Waals surface area contributed by atoms with Crippen LogP contribution in [0, 0.1) is 0 Å². The van der Waals surface area contributed by atoms with Crippen molar-refractivity contribution in [3.63, 3.8) is 0 Å². The van der Waals surface area contributed by atoms with Crippen LogP contribution in [0.3, 0.4) is 0 Å². The lowest BCUT2D eigenvalue weighted by Gasteiger charge is -2.11. The highest BCUT2D eigenvalue weighted by molar-refractivity contribution is 5.34. The summed E-state index contributed by atoms with van der Waals surface area (Å²) >= 11 is 0. The molecule has 114 valence electrons. The van der Waals surface area contributed by atoms with Gasteiger partial charge in [-0.15, -0.1) is 0 Å². The Kier molecular flexibility index (Phi) is 14.8. The van der Waals surface area contributed by atoms with Crippen molar-refractivity contribution in [2.24, 2.45) is 0 Å². The molecule has 0 aromatic heterocycles. The molecule has 0 bridgehead atoms. The predicted octanol–water partition coefficient (Wildman–Crippen LogP) is 7.17. The van der Waals surface area contributed by atoms with Gasteiger partial charge in [0.05, 0.1) is 0 Å². The highest BCUT2D eigenvalue weighted by atomic mass is 14.1. The molecule has 0 rings (SSSR count). The number of rotatable bonds is 7. The molecule has 0 aliphatic heterocycles. The number of hydrogen-bond donors (Lipinski definition) is 0. The van der Waals surface area contributed by atoms with Gasteiger partial charge in [-0.25, -0.2) is 0 Å². The van der Waals surface area contributed by atoms with Crippen LogP contribution >= 0.6 is 0 Å². The summed E-state index contributed by atoms with van der Waals surface area (Å²) in [5.74, 6) is 0. The lowest BCUT2D eigenvalue weighted by atomic mass is 9.94. The topological polar surface area (TPSA) is 0 Å². The Morgan fingerprint density at radius 2 is 1.50 bits per heavy atom. The van der Waals surface area contributed by atoms with Gasteiger partial charge in [0.2, 0.25) is 0 Å². The van der Waals surface area contributed by atoms with E-state index in [1.54, 1.807) is 0 Å². The van der Waals surface area contributed by atoms with Crippen molar-refractivity contribution in [3.8, 4) is 0 Å². The molecule has 0 nitrogen and oxygen atoms in total. The second kappa shape index (κ2) is 14.1. The number of hydrogen-bond acceptors (Lipinski definition) is 0. The summed E-state index contributed by atoms with van der Waals surface area (Å²) in [7, 11) is 0. The van der Waals surface area contributed by atoms with Gasteiger partial charge in [-0.2, -0.15) is 0 Å². The average Bonchev–Trinajstić information content (AvgIpc) is 2.49. The molecule has 0 spiro atoms. The van der Waals surface area contributed by atoms with Crippen LogP contribution in [0.4, 0.5) is 0 Å². The Morgan fingerprint density at radius 1 is 0.950 bits per heavy atom. The first-order valence-electron chi connectivity index (χ1n) is 7.90. The maximum absolute atomic E-state index is 3.93. The summed E-state index contributed by atoms with van der Waals surface area (Å²) in [5, 5.41) is 0. The molecule has 0 aromatic carbocycles. The van der Waals surface area contributed by atoms with Gasteiger partial charge in [0.1, 0.15) is 0 Å². The fraction of sp³-hybridized carbons (Fsp3) is 0.500. The minimum absolute atomic E-state index is 1.07. The Bertz CT molecular complexity index is 373. The monoisotopic (exact) mass is 274 g/mol. The van der Waals surface area contributed by atoms with Crippen LogP contribution in [0.15, 0.2) is 59.3 Å². The van der Waals surface area contributed by atoms with Crippen molar-refractivity contribution in [1.29, 1.82) is 0 Å². The molecule has 0 heterocycles. The molecular weight excluding hydrogens is 240 g/mol. The van der Waals surface area contributed by atoms with Crippen LogP contribution in [0.25, 0.3) is 0 Å². The van der Waals surface area contributed by atoms with E-state index in [1.165, 1.54) is 22.3 Å². The Morgan fingerprint density at radius 3 is 1.85 bits per heavy atom. The third-order valence-electron chi connectivity index (χ3n) is 3.32. The second-order valence-electron chi connectivity index (χ2n) is 4.39. The molecule has 0 aliphatic rings. The van der Waals surface area contributed by atoms with Gasteiger partial charge >= 0.3 is 0 Å². The van der Waals surface area contributed by atoms with Crippen LogP contribution in [0.5, 0.6) is 0 Å². The van der Waals surface area contributed by atoms with Crippen molar-refractivity contribution < 1.29 is 0 Å². The zero-order chi connectivity index (χ0) is 16.0. The van der Waals surface area contributed by atoms with Gasteiger partial charge in [-0.1, -0.05) is 57.7 Å². The summed E-state index contributed by atoms with van der Waals surface area (Å²) in [6.45, 7) is 18.6. The van der Waals surface area contributed by atoms with Gasteiger partial charge in [-0.3, -0.25) is 0 Å². The van der Waals surface area contributed by atoms with Crippen molar-refractivity contribution in [2.75, 3.05) is 0 Å². The third kappa shape index (κ3) is 7.99. The van der Waals surface area contributed by atoms with Gasteiger partial charge in [0, 0.05) is 0 Å². The SMILES string of the molecule is C=C/C(CCC(=C/C)/C(=C\C)CC)=C(C)\C=C/C.CC. The van der Waals surface area contributed by atoms with E-state index in [2.05, 4.69) is 65.5 Å². The van der Waals surface area contributed by atoms with Gasteiger partial charge in [0.25, 0.3) is 0 Å². The molecule has 0 saturated carbocycles. The molecule has 0 fully saturated rings. The molecule has 20 heavy (non-hydrogen) atoms. The van der Waals surface area contributed by atoms with Crippen LogP contribution < -0.4 is 0 Å². The molecule has 0 aromatic rings. The summed E-state index contributed by atoms with van der Waals surface area (Å²) in [6, 6.07) is 0. The zero-order valence-corrected chi connectivity index (χ0v) is 14.7. The first-order chi connectivity index (χ1) is 9.64. The molecule has 0 aliphatic carbocycles. The highest BCUT2D eigenvalue weighted by Gasteiger charge is 2.03. The first kappa shape index (κ1) is 21.0. The van der Waals surface area contributed by atoms with Gasteiger partial charge < -0.3 is 0 Å². The van der Waals surface area contributed by atoms with Crippen LogP contribution in [0.1, 0.15) is 67.7 Å². The minimum atomic E-state index is 1.07. The Hall–Kier alpha value is -1.30. The smallest absolute Gasteiger partial charge is 0.0236 e. The summed E-state index contributed by atoms with van der Waals surface area (Å²) < 4.78 is 0. The van der Waals surface area contributed by atoms with Gasteiger partial charge in [0.15, 0.2) is 0 Å². The van der Waals surface area contributed by atoms with Crippen molar-refractivity contribution >= 4 is 0 Å². The average molecular weight is 274 g/mol. The standard InChI is InChI=1S/C18H28.C2H6/c1-7-12-15(6)17(10-4)13-14-18(11-5)16(8-2)9-3;1-2/h7-8,10-12H,4,9,13-14H2,1-3,5-6H3;1-2H3/b12-7-,16-8-,17-15+,18-11-;. The normalized spacial score (nSPS) is 13.8. The Labute approximate surface area is 127 Å². The fourth-order valence-electron chi connectivity index (χ4n) is 2.19. The number of allylic oxidation sites excluding steroid dienone is 9. The zero-order valence-electron chi connectivity index (χ0n) is 14.7. The van der Waals surface area contributed by atoms with E-state index >= 15 is 0 Å². The van der Waals surface area contributed by atoms with E-state index in [0.29, 0.717) is 0 Å². The third-order valence-corrected chi connectivity index (χ3v) is 3.32. The van der Waals surface area contributed by atoms with Crippen LogP contribution in [0.2, 0.25) is 0 Å². The van der Waals surface area contributed by atoms with E-state index < -0.39 is 0 Å². The molecule has 0 radical (unpaired) electrons. The van der Waals surface area contributed by atoms with Crippen molar-refractivity contribution in [3.05, 3.63) is 59.3 Å². The molecule has 0 atom stereocenters. The van der Waals surface area contributed by atoms with E-state index in [1.807, 2.05) is 19.9 Å². The fourth-order valence-corrected chi connectivity index (χ4v) is 2.19. The Balaban J connectivity index is 0. The maximum atomic E-state index is 3.93. The lowest BCUT2D eigenvalue weighted by Crippen LogP contribution is -1.92. The van der Waals surface area contributed by atoms with E-state index in [9.17, 15) is 0 Å². The summed E-state index contributed by atoms with van der Waals surface area (Å²) in [4.78, 5) is 0. The first-order valence-corrected chi connectivity index (χ1v) is 7.90. The molecule has 0 unspecified atom stereocenters. The molecule has 0 amide bonds. The van der Waals surface area contributed by atoms with Crippen LogP contribution in [-0.4, -0.2) is 0 Å².